The summed E-state index contributed by atoms with van der Waals surface area (Å²) in [7, 11) is 0. The summed E-state index contributed by atoms with van der Waals surface area (Å²) in [6, 6.07) is 6.30. The molecule has 1 aromatic carbocycles. The van der Waals surface area contributed by atoms with E-state index in [0.717, 1.165) is 44.8 Å². The van der Waals surface area contributed by atoms with E-state index >= 15 is 0 Å². The van der Waals surface area contributed by atoms with Gasteiger partial charge in [-0.15, -0.1) is 0 Å². The molecule has 0 bridgehead atoms. The van der Waals surface area contributed by atoms with Gasteiger partial charge in [0.15, 0.2) is 0 Å². The first-order chi connectivity index (χ1) is 10.2. The largest absolute Gasteiger partial charge is 0.336 e. The summed E-state index contributed by atoms with van der Waals surface area (Å²) in [5.41, 5.74) is 1.59. The van der Waals surface area contributed by atoms with E-state index in [9.17, 15) is 4.79 Å². The molecule has 2 saturated heterocycles. The van der Waals surface area contributed by atoms with Crippen LogP contribution in [0.1, 0.15) is 22.3 Å². The van der Waals surface area contributed by atoms with Gasteiger partial charge in [0.25, 0.3) is 5.91 Å². The molecule has 114 valence electrons. The summed E-state index contributed by atoms with van der Waals surface area (Å²) in [6.45, 7) is 7.63. The molecule has 4 nitrogen and oxygen atoms in total. The second-order valence-corrected chi connectivity index (χ2v) is 6.29. The Morgan fingerprint density at radius 1 is 1.29 bits per heavy atom. The molecule has 5 heteroatoms. The van der Waals surface area contributed by atoms with Crippen LogP contribution < -0.4 is 5.32 Å². The third-order valence-corrected chi connectivity index (χ3v) is 5.08. The van der Waals surface area contributed by atoms with Gasteiger partial charge < -0.3 is 10.2 Å². The Morgan fingerprint density at radius 3 is 2.71 bits per heavy atom. The molecule has 2 heterocycles. The van der Waals surface area contributed by atoms with Crippen LogP contribution in [-0.2, 0) is 0 Å². The highest BCUT2D eigenvalue weighted by Gasteiger charge is 2.28. The fraction of sp³-hybridized carbons (Fsp3) is 0.562. The Hall–Kier alpha value is -1.10. The molecule has 1 unspecified atom stereocenters. The highest BCUT2D eigenvalue weighted by molar-refractivity contribution is 6.34. The number of amides is 1. The molecule has 0 saturated carbocycles. The van der Waals surface area contributed by atoms with E-state index in [4.69, 9.17) is 11.6 Å². The molecular formula is C16H22ClN3O. The van der Waals surface area contributed by atoms with E-state index in [1.165, 1.54) is 6.42 Å². The monoisotopic (exact) mass is 307 g/mol. The van der Waals surface area contributed by atoms with Gasteiger partial charge in [-0.25, -0.2) is 0 Å². The highest BCUT2D eigenvalue weighted by Crippen LogP contribution is 2.22. The molecule has 0 spiro atoms. The van der Waals surface area contributed by atoms with E-state index in [1.54, 1.807) is 0 Å². The minimum Gasteiger partial charge on any atom is -0.336 e. The number of hydrogen-bond acceptors (Lipinski definition) is 3. The molecule has 0 aromatic heterocycles. The van der Waals surface area contributed by atoms with E-state index in [1.807, 2.05) is 30.0 Å². The highest BCUT2D eigenvalue weighted by atomic mass is 35.5. The zero-order valence-electron chi connectivity index (χ0n) is 12.4. The first kappa shape index (κ1) is 14.8. The number of rotatable bonds is 2. The first-order valence-corrected chi connectivity index (χ1v) is 8.04. The van der Waals surface area contributed by atoms with Gasteiger partial charge in [0.1, 0.15) is 0 Å². The molecular weight excluding hydrogens is 286 g/mol. The van der Waals surface area contributed by atoms with Crippen LogP contribution in [0.15, 0.2) is 18.2 Å². The summed E-state index contributed by atoms with van der Waals surface area (Å²) < 4.78 is 0. The Bertz CT molecular complexity index is 520. The van der Waals surface area contributed by atoms with Gasteiger partial charge >= 0.3 is 0 Å². The lowest BCUT2D eigenvalue weighted by molar-refractivity contribution is 0.0584. The van der Waals surface area contributed by atoms with Crippen LogP contribution in [0, 0.1) is 6.92 Å². The van der Waals surface area contributed by atoms with Crippen molar-refractivity contribution in [2.75, 3.05) is 39.3 Å². The molecule has 1 atom stereocenters. The van der Waals surface area contributed by atoms with Crippen molar-refractivity contribution in [1.82, 2.24) is 15.1 Å². The van der Waals surface area contributed by atoms with Gasteiger partial charge in [-0.05, 0) is 31.5 Å². The van der Waals surface area contributed by atoms with E-state index in [2.05, 4.69) is 10.2 Å². The number of halogens is 1. The maximum atomic E-state index is 12.6. The molecule has 2 aliphatic heterocycles. The van der Waals surface area contributed by atoms with Crippen molar-refractivity contribution in [3.63, 3.8) is 0 Å². The lowest BCUT2D eigenvalue weighted by Gasteiger charge is -2.38. The summed E-state index contributed by atoms with van der Waals surface area (Å²) in [4.78, 5) is 17.0. The number of hydrogen-bond donors (Lipinski definition) is 1. The Balaban J connectivity index is 1.63. The van der Waals surface area contributed by atoms with Crippen LogP contribution in [0.25, 0.3) is 0 Å². The minimum atomic E-state index is 0.0629. The van der Waals surface area contributed by atoms with Crippen molar-refractivity contribution in [3.05, 3.63) is 34.3 Å². The van der Waals surface area contributed by atoms with Gasteiger partial charge in [-0.3, -0.25) is 9.69 Å². The third-order valence-electron chi connectivity index (χ3n) is 4.57. The maximum Gasteiger partial charge on any atom is 0.255 e. The number of nitrogens with zero attached hydrogens (tertiary/aromatic N) is 2. The number of nitrogens with one attached hydrogen (secondary N) is 1. The Kier molecular flexibility index (Phi) is 4.48. The minimum absolute atomic E-state index is 0.0629. The van der Waals surface area contributed by atoms with E-state index in [0.29, 0.717) is 16.6 Å². The summed E-state index contributed by atoms with van der Waals surface area (Å²) >= 11 is 6.27. The van der Waals surface area contributed by atoms with Gasteiger partial charge in [-0.2, -0.15) is 0 Å². The summed E-state index contributed by atoms with van der Waals surface area (Å²) in [5.74, 6) is 0.0629. The normalized spacial score (nSPS) is 23.5. The van der Waals surface area contributed by atoms with Crippen LogP contribution in [0.2, 0.25) is 5.02 Å². The van der Waals surface area contributed by atoms with E-state index in [-0.39, 0.29) is 5.91 Å². The fourth-order valence-electron chi connectivity index (χ4n) is 3.22. The predicted octanol–water partition coefficient (Wildman–Crippen LogP) is 1.77. The van der Waals surface area contributed by atoms with Gasteiger partial charge in [0.05, 0.1) is 10.6 Å². The van der Waals surface area contributed by atoms with Crippen LogP contribution in [0.3, 0.4) is 0 Å². The Labute approximate surface area is 131 Å². The number of carbonyl (C=O) groups is 1. The smallest absolute Gasteiger partial charge is 0.255 e. The number of aryl methyl sites for hydroxylation is 1. The molecule has 1 amide bonds. The molecule has 0 aliphatic carbocycles. The molecule has 2 aliphatic rings. The fourth-order valence-corrected chi connectivity index (χ4v) is 3.43. The van der Waals surface area contributed by atoms with Crippen molar-refractivity contribution in [1.29, 1.82) is 0 Å². The predicted molar refractivity (Wildman–Crippen MR) is 84.9 cm³/mol. The van der Waals surface area contributed by atoms with Crippen molar-refractivity contribution >= 4 is 17.5 Å². The average Bonchev–Trinajstić information content (AvgIpc) is 3.04. The second-order valence-electron chi connectivity index (χ2n) is 5.91. The molecule has 21 heavy (non-hydrogen) atoms. The summed E-state index contributed by atoms with van der Waals surface area (Å²) in [5, 5.41) is 3.99. The SMILES string of the molecule is Cc1cccc(C(=O)N2CCN(C3CCNC3)CC2)c1Cl. The van der Waals surface area contributed by atoms with Gasteiger partial charge in [0.2, 0.25) is 0 Å². The quantitative estimate of drug-likeness (QED) is 0.904. The van der Waals surface area contributed by atoms with Crippen molar-refractivity contribution in [2.45, 2.75) is 19.4 Å². The van der Waals surface area contributed by atoms with Crippen LogP contribution >= 0.6 is 11.6 Å². The molecule has 2 fully saturated rings. The van der Waals surface area contributed by atoms with Crippen molar-refractivity contribution in [2.24, 2.45) is 0 Å². The topological polar surface area (TPSA) is 35.6 Å². The Morgan fingerprint density at radius 2 is 2.05 bits per heavy atom. The third kappa shape index (κ3) is 3.07. The second kappa shape index (κ2) is 6.34. The molecule has 0 radical (unpaired) electrons. The average molecular weight is 308 g/mol. The standard InChI is InChI=1S/C16H22ClN3O/c1-12-3-2-4-14(15(12)17)16(21)20-9-7-19(8-10-20)13-5-6-18-11-13/h2-4,13,18H,5-11H2,1H3. The van der Waals surface area contributed by atoms with Gasteiger partial charge in [-0.1, -0.05) is 23.7 Å². The van der Waals surface area contributed by atoms with Crippen molar-refractivity contribution in [3.8, 4) is 0 Å². The zero-order chi connectivity index (χ0) is 14.8. The molecule has 1 aromatic rings. The van der Waals surface area contributed by atoms with E-state index < -0.39 is 0 Å². The molecule has 3 rings (SSSR count). The van der Waals surface area contributed by atoms with Crippen LogP contribution in [0.5, 0.6) is 0 Å². The van der Waals surface area contributed by atoms with Crippen LogP contribution in [-0.4, -0.2) is 61.0 Å². The van der Waals surface area contributed by atoms with Gasteiger partial charge in [0, 0.05) is 38.8 Å². The number of piperazine rings is 1. The number of benzene rings is 1. The van der Waals surface area contributed by atoms with Crippen molar-refractivity contribution < 1.29 is 4.79 Å². The lowest BCUT2D eigenvalue weighted by atomic mass is 10.1. The zero-order valence-corrected chi connectivity index (χ0v) is 13.2. The molecule has 1 N–H and O–H groups in total. The first-order valence-electron chi connectivity index (χ1n) is 7.66. The van der Waals surface area contributed by atoms with Crippen LogP contribution in [0.4, 0.5) is 0 Å². The maximum absolute atomic E-state index is 12.6. The lowest BCUT2D eigenvalue weighted by Crippen LogP contribution is -2.52. The summed E-state index contributed by atoms with van der Waals surface area (Å²) in [6.07, 6.45) is 1.22. The number of carbonyl (C=O) groups excluding carboxylic acids is 1.